The van der Waals surface area contributed by atoms with Gasteiger partial charge in [-0.25, -0.2) is 0 Å². The summed E-state index contributed by atoms with van der Waals surface area (Å²) in [5.41, 5.74) is 9.01. The topological polar surface area (TPSA) is 85.7 Å². The van der Waals surface area contributed by atoms with Crippen LogP contribution in [0.15, 0.2) is 65.8 Å². The number of rotatable bonds is 8. The highest BCUT2D eigenvalue weighted by Gasteiger charge is 2.52. The summed E-state index contributed by atoms with van der Waals surface area (Å²) in [7, 11) is 0.509. The van der Waals surface area contributed by atoms with Crippen molar-refractivity contribution in [3.05, 3.63) is 71.1 Å². The molecular weight excluding hydrogens is 434 g/mol. The number of nitrogens with zero attached hydrogens (tertiary/aromatic N) is 3. The van der Waals surface area contributed by atoms with Gasteiger partial charge in [-0.15, -0.1) is 0 Å². The third-order valence-corrected chi connectivity index (χ3v) is 11.5. The maximum Gasteiger partial charge on any atom is 0.261 e. The van der Waals surface area contributed by atoms with Crippen molar-refractivity contribution in [2.75, 3.05) is 20.8 Å². The average molecular weight is 470 g/mol. The quantitative estimate of drug-likeness (QED) is 0.253. The minimum absolute atomic E-state index is 0.146. The molecule has 0 amide bonds. The Morgan fingerprint density at radius 2 is 1.45 bits per heavy atom. The molecule has 1 aliphatic rings. The van der Waals surface area contributed by atoms with Gasteiger partial charge in [0.15, 0.2) is 0 Å². The summed E-state index contributed by atoms with van der Waals surface area (Å²) in [5.74, 6) is 0. The molecule has 178 valence electrons. The van der Waals surface area contributed by atoms with E-state index in [1.165, 1.54) is 10.4 Å². The van der Waals surface area contributed by atoms with Crippen LogP contribution in [-0.2, 0) is 18.6 Å². The molecule has 0 N–H and O–H groups in total. The molecule has 1 heterocycles. The first-order valence-electron chi connectivity index (χ1n) is 11.3. The van der Waals surface area contributed by atoms with Gasteiger partial charge in [-0.1, -0.05) is 86.5 Å². The largest absolute Gasteiger partial charge is 0.405 e. The fourth-order valence-corrected chi connectivity index (χ4v) is 9.56. The molecule has 7 nitrogen and oxygen atoms in total. The summed E-state index contributed by atoms with van der Waals surface area (Å²) in [5, 5.41) is 6.18. The van der Waals surface area contributed by atoms with Gasteiger partial charge < -0.3 is 18.6 Å². The first-order valence-corrected chi connectivity index (χ1v) is 13.2. The predicted octanol–water partition coefficient (Wildman–Crippen LogP) is 4.06. The molecule has 0 spiro atoms. The van der Waals surface area contributed by atoms with E-state index in [2.05, 4.69) is 79.3 Å². The molecule has 0 aromatic heterocycles. The molecule has 1 saturated heterocycles. The minimum Gasteiger partial charge on any atom is -0.405 e. The maximum atomic E-state index is 9.01. The molecule has 0 radical (unpaired) electrons. The van der Waals surface area contributed by atoms with Crippen LogP contribution in [0.2, 0.25) is 5.04 Å². The Labute approximate surface area is 197 Å². The van der Waals surface area contributed by atoms with E-state index in [0.29, 0.717) is 6.61 Å². The molecule has 0 bridgehead atoms. The van der Waals surface area contributed by atoms with Crippen LogP contribution in [0.5, 0.6) is 0 Å². The van der Waals surface area contributed by atoms with E-state index in [1.807, 2.05) is 19.1 Å². The molecule has 2 aromatic carbocycles. The number of hydrogen-bond donors (Lipinski definition) is 0. The molecule has 33 heavy (non-hydrogen) atoms. The first-order chi connectivity index (χ1) is 15.8. The highest BCUT2D eigenvalue weighted by Crippen LogP contribution is 2.37. The number of methoxy groups -OCH3 is 2. The second kappa shape index (κ2) is 10.8. The smallest absolute Gasteiger partial charge is 0.261 e. The monoisotopic (exact) mass is 469 g/mol. The van der Waals surface area contributed by atoms with Crippen LogP contribution in [0.3, 0.4) is 0 Å². The van der Waals surface area contributed by atoms with Crippen molar-refractivity contribution in [3.8, 4) is 0 Å². The van der Waals surface area contributed by atoms with Gasteiger partial charge in [-0.05, 0) is 27.9 Å². The van der Waals surface area contributed by atoms with Gasteiger partial charge in [-0.2, -0.15) is 0 Å². The van der Waals surface area contributed by atoms with Crippen molar-refractivity contribution in [1.29, 1.82) is 0 Å². The number of azide groups is 1. The zero-order valence-corrected chi connectivity index (χ0v) is 21.3. The highest BCUT2D eigenvalue weighted by atomic mass is 28.4. The molecule has 5 atom stereocenters. The van der Waals surface area contributed by atoms with Crippen molar-refractivity contribution in [2.45, 2.75) is 63.2 Å². The summed E-state index contributed by atoms with van der Waals surface area (Å²) in [6, 6.07) is 20.5. The van der Waals surface area contributed by atoms with Crippen molar-refractivity contribution in [3.63, 3.8) is 0 Å². The van der Waals surface area contributed by atoms with Crippen LogP contribution < -0.4 is 10.4 Å². The Kier molecular flexibility index (Phi) is 8.34. The van der Waals surface area contributed by atoms with Crippen molar-refractivity contribution in [1.82, 2.24) is 0 Å². The SMILES string of the molecule is CO[C@@H]1C(N=[N+]=[N-])C(C)OC(CO[Si](c2ccccc2)(c2ccccc2)C(C)(C)C)[C@@H]1OC. The standard InChI is InChI=1S/C25H35N3O4Si/c1-18-22(27-28-26)24(30-6)23(29-5)21(32-18)17-31-33(25(2,3)4,19-13-9-7-10-14-19)20-15-11-8-12-16-20/h7-16,18,21-24H,17H2,1-6H3/t18?,21?,22?,23-,24+/m0/s1. The second-order valence-corrected chi connectivity index (χ2v) is 13.8. The maximum absolute atomic E-state index is 9.01. The van der Waals surface area contributed by atoms with Gasteiger partial charge in [0.2, 0.25) is 0 Å². The third-order valence-electron chi connectivity index (χ3n) is 6.51. The van der Waals surface area contributed by atoms with E-state index in [4.69, 9.17) is 24.2 Å². The van der Waals surface area contributed by atoms with Crippen molar-refractivity contribution < 1.29 is 18.6 Å². The molecule has 0 saturated carbocycles. The van der Waals surface area contributed by atoms with Crippen LogP contribution >= 0.6 is 0 Å². The Balaban J connectivity index is 2.02. The number of hydrogen-bond acceptors (Lipinski definition) is 5. The highest BCUT2D eigenvalue weighted by molar-refractivity contribution is 6.99. The fraction of sp³-hybridized carbons (Fsp3) is 0.520. The lowest BCUT2D eigenvalue weighted by Crippen LogP contribution is -2.68. The second-order valence-electron chi connectivity index (χ2n) is 9.45. The minimum atomic E-state index is -2.72. The van der Waals surface area contributed by atoms with Gasteiger partial charge in [-0.3, -0.25) is 0 Å². The van der Waals surface area contributed by atoms with Gasteiger partial charge in [0.1, 0.15) is 12.2 Å². The van der Waals surface area contributed by atoms with Crippen LogP contribution in [-0.4, -0.2) is 59.6 Å². The lowest BCUT2D eigenvalue weighted by molar-refractivity contribution is -0.198. The summed E-state index contributed by atoms with van der Waals surface area (Å²) in [6.45, 7) is 8.96. The van der Waals surface area contributed by atoms with Gasteiger partial charge in [0.25, 0.3) is 8.32 Å². The Hall–Kier alpha value is -2.19. The average Bonchev–Trinajstić information content (AvgIpc) is 2.81. The van der Waals surface area contributed by atoms with Crippen LogP contribution in [0.1, 0.15) is 27.7 Å². The zero-order chi connectivity index (χ0) is 24.1. The van der Waals surface area contributed by atoms with E-state index in [-0.39, 0.29) is 17.2 Å². The number of ether oxygens (including phenoxy) is 3. The molecule has 1 fully saturated rings. The fourth-order valence-electron chi connectivity index (χ4n) is 4.99. The zero-order valence-electron chi connectivity index (χ0n) is 20.3. The lowest BCUT2D eigenvalue weighted by atomic mass is 9.94. The molecule has 1 aliphatic heterocycles. The van der Waals surface area contributed by atoms with Crippen LogP contribution in [0.25, 0.3) is 10.4 Å². The normalized spacial score (nSPS) is 25.9. The summed E-state index contributed by atoms with van der Waals surface area (Å²) < 4.78 is 24.9. The van der Waals surface area contributed by atoms with E-state index >= 15 is 0 Å². The molecular formula is C25H35N3O4Si. The Morgan fingerprint density at radius 3 is 1.88 bits per heavy atom. The van der Waals surface area contributed by atoms with Gasteiger partial charge in [0, 0.05) is 19.1 Å². The summed E-state index contributed by atoms with van der Waals surface area (Å²) >= 11 is 0. The molecule has 2 aromatic rings. The predicted molar refractivity (Wildman–Crippen MR) is 132 cm³/mol. The van der Waals surface area contributed by atoms with E-state index < -0.39 is 26.6 Å². The lowest BCUT2D eigenvalue weighted by Gasteiger charge is -2.47. The van der Waals surface area contributed by atoms with E-state index in [1.54, 1.807) is 14.2 Å². The third kappa shape index (κ3) is 5.01. The first kappa shape index (κ1) is 25.4. The molecule has 0 aliphatic carbocycles. The molecule has 3 unspecified atom stereocenters. The molecule has 3 rings (SSSR count). The van der Waals surface area contributed by atoms with Gasteiger partial charge >= 0.3 is 0 Å². The molecule has 8 heteroatoms. The summed E-state index contributed by atoms with van der Waals surface area (Å²) in [6.07, 6.45) is -1.56. The summed E-state index contributed by atoms with van der Waals surface area (Å²) in [4.78, 5) is 2.98. The van der Waals surface area contributed by atoms with Crippen LogP contribution in [0.4, 0.5) is 0 Å². The Morgan fingerprint density at radius 1 is 0.939 bits per heavy atom. The van der Waals surface area contributed by atoms with E-state index in [9.17, 15) is 0 Å². The number of benzene rings is 2. The van der Waals surface area contributed by atoms with E-state index in [0.717, 1.165) is 0 Å². The Bertz CT molecular complexity index is 892. The van der Waals surface area contributed by atoms with Crippen LogP contribution in [0, 0.1) is 0 Å². The van der Waals surface area contributed by atoms with Crippen molar-refractivity contribution in [2.24, 2.45) is 5.11 Å². The van der Waals surface area contributed by atoms with Gasteiger partial charge in [0.05, 0.1) is 24.9 Å². The van der Waals surface area contributed by atoms with Crippen molar-refractivity contribution >= 4 is 18.7 Å².